The fourth-order valence-corrected chi connectivity index (χ4v) is 4.63. The fraction of sp³-hybridized carbons (Fsp3) is 0.548. The van der Waals surface area contributed by atoms with Gasteiger partial charge in [0.05, 0.1) is 12.2 Å². The molecule has 1 aliphatic rings. The van der Waals surface area contributed by atoms with E-state index in [1.54, 1.807) is 24.3 Å². The van der Waals surface area contributed by atoms with Gasteiger partial charge in [-0.2, -0.15) is 0 Å². The topological polar surface area (TPSA) is 61.8 Å². The third kappa shape index (κ3) is 9.49. The number of unbranched alkanes of at least 4 members (excludes halogenated alkanes) is 4. The van der Waals surface area contributed by atoms with Crippen molar-refractivity contribution in [3.05, 3.63) is 59.7 Å². The highest BCUT2D eigenvalue weighted by molar-refractivity contribution is 5.91. The zero-order chi connectivity index (χ0) is 26.5. The quantitative estimate of drug-likeness (QED) is 0.146. The lowest BCUT2D eigenvalue weighted by molar-refractivity contribution is -0.157. The molecule has 202 valence electrons. The molecule has 0 bridgehead atoms. The number of ether oxygens (including phenoxy) is 3. The van der Waals surface area contributed by atoms with Crippen molar-refractivity contribution in [1.82, 2.24) is 0 Å². The lowest BCUT2D eigenvalue weighted by Crippen LogP contribution is -2.28. The molecule has 1 atom stereocenters. The van der Waals surface area contributed by atoms with Crippen LogP contribution in [0.3, 0.4) is 0 Å². The van der Waals surface area contributed by atoms with Gasteiger partial charge in [-0.1, -0.05) is 58.1 Å². The first-order valence-corrected chi connectivity index (χ1v) is 13.9. The second-order valence-corrected chi connectivity index (χ2v) is 9.91. The second kappa shape index (κ2) is 15.4. The Hall–Kier alpha value is -2.89. The smallest absolute Gasteiger partial charge is 0.343 e. The van der Waals surface area contributed by atoms with E-state index >= 15 is 0 Å². The maximum atomic E-state index is 13.9. The summed E-state index contributed by atoms with van der Waals surface area (Å²) in [6, 6.07) is 14.6. The van der Waals surface area contributed by atoms with Gasteiger partial charge in [0.2, 0.25) is 0 Å². The third-order valence-electron chi connectivity index (χ3n) is 6.94. The molecule has 0 saturated heterocycles. The average Bonchev–Trinajstić information content (AvgIpc) is 2.92. The second-order valence-electron chi connectivity index (χ2n) is 9.91. The maximum Gasteiger partial charge on any atom is 0.343 e. The van der Waals surface area contributed by atoms with Gasteiger partial charge in [-0.3, -0.25) is 0 Å². The highest BCUT2D eigenvalue weighted by Crippen LogP contribution is 2.35. The first kappa shape index (κ1) is 28.7. The molecule has 0 radical (unpaired) electrons. The van der Waals surface area contributed by atoms with Gasteiger partial charge in [0.25, 0.3) is 0 Å². The molecule has 0 aromatic heterocycles. The Labute approximate surface area is 220 Å². The van der Waals surface area contributed by atoms with Crippen LogP contribution >= 0.6 is 0 Å². The summed E-state index contributed by atoms with van der Waals surface area (Å²) in [5, 5.41) is 0. The van der Waals surface area contributed by atoms with Gasteiger partial charge in [0.15, 0.2) is 6.17 Å². The molecule has 6 heteroatoms. The monoisotopic (exact) mass is 512 g/mol. The Morgan fingerprint density at radius 2 is 1.49 bits per heavy atom. The molecular weight excluding hydrogens is 471 g/mol. The SMILES string of the molecule is CCCCCCOc1ccc(C(=O)Oc2ccc(C3CCC(OC(=O)[C@@H](F)CCCC)CC3)cc2)cc1. The lowest BCUT2D eigenvalue weighted by atomic mass is 9.83. The van der Waals surface area contributed by atoms with Crippen molar-refractivity contribution < 1.29 is 28.2 Å². The molecule has 1 saturated carbocycles. The number of benzene rings is 2. The number of carbonyl (C=O) groups is 2. The minimum Gasteiger partial charge on any atom is -0.494 e. The number of hydrogen-bond acceptors (Lipinski definition) is 5. The molecule has 0 unspecified atom stereocenters. The average molecular weight is 513 g/mol. The van der Waals surface area contributed by atoms with E-state index in [2.05, 4.69) is 6.92 Å². The van der Waals surface area contributed by atoms with Crippen molar-refractivity contribution in [2.45, 2.75) is 103 Å². The van der Waals surface area contributed by atoms with E-state index in [-0.39, 0.29) is 12.5 Å². The first-order valence-electron chi connectivity index (χ1n) is 13.9. The third-order valence-corrected chi connectivity index (χ3v) is 6.94. The van der Waals surface area contributed by atoms with Gasteiger partial charge in [-0.15, -0.1) is 0 Å². The summed E-state index contributed by atoms with van der Waals surface area (Å²) in [4.78, 5) is 24.5. The number of hydrogen-bond donors (Lipinski definition) is 0. The van der Waals surface area contributed by atoms with Crippen molar-refractivity contribution in [3.8, 4) is 11.5 Å². The summed E-state index contributed by atoms with van der Waals surface area (Å²) < 4.78 is 30.6. The molecule has 2 aromatic rings. The van der Waals surface area contributed by atoms with Gasteiger partial charge in [-0.25, -0.2) is 14.0 Å². The van der Waals surface area contributed by atoms with Gasteiger partial charge < -0.3 is 14.2 Å². The Bertz CT molecular complexity index is 949. The van der Waals surface area contributed by atoms with Crippen molar-refractivity contribution in [1.29, 1.82) is 0 Å². The number of halogens is 1. The Morgan fingerprint density at radius 3 is 2.14 bits per heavy atom. The molecule has 0 aliphatic heterocycles. The summed E-state index contributed by atoms with van der Waals surface area (Å²) in [6.07, 6.45) is 7.87. The first-order chi connectivity index (χ1) is 18.0. The molecular formula is C31H41FO5. The molecule has 5 nitrogen and oxygen atoms in total. The van der Waals surface area contributed by atoms with E-state index < -0.39 is 18.1 Å². The zero-order valence-electron chi connectivity index (χ0n) is 22.3. The fourth-order valence-electron chi connectivity index (χ4n) is 4.63. The Morgan fingerprint density at radius 1 is 0.838 bits per heavy atom. The Kier molecular flexibility index (Phi) is 11.9. The molecule has 0 amide bonds. The summed E-state index contributed by atoms with van der Waals surface area (Å²) in [5.41, 5.74) is 1.64. The van der Waals surface area contributed by atoms with E-state index in [1.807, 2.05) is 31.2 Å². The predicted molar refractivity (Wildman–Crippen MR) is 143 cm³/mol. The largest absolute Gasteiger partial charge is 0.494 e. The standard InChI is InChI=1S/C31H41FO5/c1-3-5-7-8-22-35-26-16-14-25(15-17-26)30(33)36-27-18-10-23(11-19-27)24-12-20-28(21-13-24)37-31(34)29(32)9-6-4-2/h10-11,14-19,24,28-29H,3-9,12-13,20-22H2,1-2H3/t24?,28?,29-/m0/s1. The van der Waals surface area contributed by atoms with Crippen molar-refractivity contribution in [2.75, 3.05) is 6.61 Å². The molecule has 0 heterocycles. The molecule has 2 aromatic carbocycles. The normalized spacial score (nSPS) is 18.1. The van der Waals surface area contributed by atoms with Crippen molar-refractivity contribution in [2.24, 2.45) is 0 Å². The van der Waals surface area contributed by atoms with Crippen molar-refractivity contribution in [3.63, 3.8) is 0 Å². The minimum atomic E-state index is -1.51. The van der Waals surface area contributed by atoms with Crippen LogP contribution in [-0.2, 0) is 9.53 Å². The van der Waals surface area contributed by atoms with E-state index in [1.165, 1.54) is 12.8 Å². The minimum absolute atomic E-state index is 0.207. The van der Waals surface area contributed by atoms with Gasteiger partial charge in [-0.05, 0) is 86.4 Å². The van der Waals surface area contributed by atoms with Crippen LogP contribution in [0.2, 0.25) is 0 Å². The van der Waals surface area contributed by atoms with Gasteiger partial charge in [0, 0.05) is 0 Å². The van der Waals surface area contributed by atoms with Crippen LogP contribution in [0.5, 0.6) is 11.5 Å². The molecule has 3 rings (SSSR count). The Balaban J connectivity index is 1.42. The number of esters is 2. The van der Waals surface area contributed by atoms with Gasteiger partial charge >= 0.3 is 11.9 Å². The summed E-state index contributed by atoms with van der Waals surface area (Å²) in [7, 11) is 0. The van der Waals surface area contributed by atoms with Crippen LogP contribution in [0, 0.1) is 0 Å². The number of alkyl halides is 1. The van der Waals surface area contributed by atoms with E-state index in [0.29, 0.717) is 30.3 Å². The van der Waals surface area contributed by atoms with Crippen molar-refractivity contribution >= 4 is 11.9 Å². The van der Waals surface area contributed by atoms with Crippen LogP contribution in [0.15, 0.2) is 48.5 Å². The molecule has 0 N–H and O–H groups in total. The lowest BCUT2D eigenvalue weighted by Gasteiger charge is -2.29. The molecule has 37 heavy (non-hydrogen) atoms. The predicted octanol–water partition coefficient (Wildman–Crippen LogP) is 7.96. The van der Waals surface area contributed by atoms with Crippen LogP contribution in [0.4, 0.5) is 4.39 Å². The zero-order valence-corrected chi connectivity index (χ0v) is 22.3. The van der Waals surface area contributed by atoms with Crippen LogP contribution in [0.1, 0.15) is 106 Å². The van der Waals surface area contributed by atoms with Crippen LogP contribution in [-0.4, -0.2) is 30.8 Å². The number of rotatable bonds is 14. The highest BCUT2D eigenvalue weighted by atomic mass is 19.1. The van der Waals surface area contributed by atoms with E-state index in [9.17, 15) is 14.0 Å². The highest BCUT2D eigenvalue weighted by Gasteiger charge is 2.27. The molecule has 0 spiro atoms. The molecule has 1 fully saturated rings. The van der Waals surface area contributed by atoms with E-state index in [4.69, 9.17) is 14.2 Å². The van der Waals surface area contributed by atoms with Crippen LogP contribution in [0.25, 0.3) is 0 Å². The van der Waals surface area contributed by atoms with Crippen LogP contribution < -0.4 is 9.47 Å². The summed E-state index contributed by atoms with van der Waals surface area (Å²) in [6.45, 7) is 4.83. The number of carbonyl (C=O) groups excluding carboxylic acids is 2. The summed E-state index contributed by atoms with van der Waals surface area (Å²) >= 11 is 0. The van der Waals surface area contributed by atoms with E-state index in [0.717, 1.165) is 56.3 Å². The summed E-state index contributed by atoms with van der Waals surface area (Å²) in [5.74, 6) is 0.467. The van der Waals surface area contributed by atoms with Gasteiger partial charge in [0.1, 0.15) is 17.6 Å². The molecule has 1 aliphatic carbocycles. The maximum absolute atomic E-state index is 13.9.